The number of benzene rings is 3. The highest BCUT2D eigenvalue weighted by Crippen LogP contribution is 2.26. The summed E-state index contributed by atoms with van der Waals surface area (Å²) in [5.74, 6) is 0.797. The van der Waals surface area contributed by atoms with Crippen LogP contribution in [0, 0.1) is 5.82 Å². The largest absolute Gasteiger partial charge is 0.490 e. The number of fused-ring (bicyclic) bond motifs is 1. The van der Waals surface area contributed by atoms with Gasteiger partial charge in [0.2, 0.25) is 0 Å². The third kappa shape index (κ3) is 3.48. The van der Waals surface area contributed by atoms with Crippen LogP contribution in [0.1, 0.15) is 10.4 Å². The molecule has 3 aromatic carbocycles. The average molecular weight is 310 g/mol. The van der Waals surface area contributed by atoms with Crippen LogP contribution in [-0.2, 0) is 0 Å². The van der Waals surface area contributed by atoms with Gasteiger partial charge in [0.25, 0.3) is 0 Å². The highest BCUT2D eigenvalue weighted by atomic mass is 19.1. The summed E-state index contributed by atoms with van der Waals surface area (Å²) in [6, 6.07) is 17.1. The van der Waals surface area contributed by atoms with Crippen LogP contribution in [0.3, 0.4) is 0 Å². The lowest BCUT2D eigenvalue weighted by Gasteiger charge is -2.11. The Hall–Kier alpha value is -2.88. The van der Waals surface area contributed by atoms with Gasteiger partial charge in [0, 0.05) is 0 Å². The highest BCUT2D eigenvalue weighted by Gasteiger charge is 2.07. The van der Waals surface area contributed by atoms with Crippen molar-refractivity contribution in [2.75, 3.05) is 13.2 Å². The van der Waals surface area contributed by atoms with Gasteiger partial charge >= 0.3 is 0 Å². The average Bonchev–Trinajstić information content (AvgIpc) is 2.59. The zero-order valence-corrected chi connectivity index (χ0v) is 12.4. The summed E-state index contributed by atoms with van der Waals surface area (Å²) in [5.41, 5.74) is 0.532. The van der Waals surface area contributed by atoms with E-state index in [0.29, 0.717) is 23.7 Å². The van der Waals surface area contributed by atoms with E-state index in [0.717, 1.165) is 17.1 Å². The highest BCUT2D eigenvalue weighted by molar-refractivity contribution is 6.00. The van der Waals surface area contributed by atoms with E-state index in [1.807, 2.05) is 30.3 Å². The van der Waals surface area contributed by atoms with Crippen molar-refractivity contribution < 1.29 is 18.7 Å². The minimum Gasteiger partial charge on any atom is -0.490 e. The molecule has 3 aromatic rings. The fourth-order valence-corrected chi connectivity index (χ4v) is 2.36. The molecule has 4 heteroatoms. The van der Waals surface area contributed by atoms with E-state index in [1.165, 1.54) is 12.1 Å². The molecular weight excluding hydrogens is 295 g/mol. The van der Waals surface area contributed by atoms with E-state index in [2.05, 4.69) is 0 Å². The lowest BCUT2D eigenvalue weighted by Crippen LogP contribution is -2.10. The van der Waals surface area contributed by atoms with Crippen molar-refractivity contribution >= 4 is 17.1 Å². The van der Waals surface area contributed by atoms with Crippen molar-refractivity contribution in [3.8, 4) is 11.5 Å². The Morgan fingerprint density at radius 2 is 1.61 bits per heavy atom. The van der Waals surface area contributed by atoms with E-state index in [4.69, 9.17) is 9.47 Å². The lowest BCUT2D eigenvalue weighted by atomic mass is 10.0. The van der Waals surface area contributed by atoms with Crippen LogP contribution < -0.4 is 9.47 Å². The Bertz CT molecular complexity index is 812. The summed E-state index contributed by atoms with van der Waals surface area (Å²) < 4.78 is 23.9. The third-order valence-corrected chi connectivity index (χ3v) is 3.47. The SMILES string of the molecule is O=Cc1c(OCCOc2ccc(F)cc2)ccc2ccccc12. The van der Waals surface area contributed by atoms with Crippen LogP contribution in [0.4, 0.5) is 4.39 Å². The van der Waals surface area contributed by atoms with Crippen LogP contribution in [0.5, 0.6) is 11.5 Å². The molecule has 0 bridgehead atoms. The van der Waals surface area contributed by atoms with Crippen LogP contribution in [0.25, 0.3) is 10.8 Å². The molecule has 0 aliphatic heterocycles. The Labute approximate surface area is 133 Å². The molecule has 0 atom stereocenters. The Balaban J connectivity index is 1.65. The van der Waals surface area contributed by atoms with Crippen molar-refractivity contribution in [2.45, 2.75) is 0 Å². The van der Waals surface area contributed by atoms with Gasteiger partial charge in [-0.2, -0.15) is 0 Å². The molecule has 23 heavy (non-hydrogen) atoms. The molecular formula is C19H15FO3. The van der Waals surface area contributed by atoms with E-state index in [-0.39, 0.29) is 12.4 Å². The molecule has 0 heterocycles. The van der Waals surface area contributed by atoms with Gasteiger partial charge < -0.3 is 9.47 Å². The van der Waals surface area contributed by atoms with Crippen LogP contribution in [-0.4, -0.2) is 19.5 Å². The molecule has 0 N–H and O–H groups in total. The maximum atomic E-state index is 12.8. The first-order valence-corrected chi connectivity index (χ1v) is 7.26. The molecule has 0 saturated carbocycles. The molecule has 116 valence electrons. The van der Waals surface area contributed by atoms with Gasteiger partial charge in [-0.25, -0.2) is 4.39 Å². The van der Waals surface area contributed by atoms with Crippen molar-refractivity contribution in [1.82, 2.24) is 0 Å². The van der Waals surface area contributed by atoms with Crippen LogP contribution >= 0.6 is 0 Å². The number of hydrogen-bond acceptors (Lipinski definition) is 3. The minimum atomic E-state index is -0.305. The maximum Gasteiger partial charge on any atom is 0.154 e. The van der Waals surface area contributed by atoms with E-state index >= 15 is 0 Å². The Morgan fingerprint density at radius 3 is 2.39 bits per heavy atom. The van der Waals surface area contributed by atoms with Gasteiger partial charge in [0.1, 0.15) is 30.5 Å². The second-order valence-corrected chi connectivity index (χ2v) is 4.97. The minimum absolute atomic E-state index is 0.288. The first-order chi connectivity index (χ1) is 11.3. The number of rotatable bonds is 6. The summed E-state index contributed by atoms with van der Waals surface area (Å²) in [4.78, 5) is 11.4. The van der Waals surface area contributed by atoms with Gasteiger partial charge in [-0.3, -0.25) is 4.79 Å². The maximum absolute atomic E-state index is 12.8. The topological polar surface area (TPSA) is 35.5 Å². The van der Waals surface area contributed by atoms with E-state index in [9.17, 15) is 9.18 Å². The molecule has 0 aliphatic carbocycles. The second kappa shape index (κ2) is 6.92. The number of aldehydes is 1. The van der Waals surface area contributed by atoms with Gasteiger partial charge in [0.05, 0.1) is 5.56 Å². The summed E-state index contributed by atoms with van der Waals surface area (Å²) in [5, 5.41) is 1.85. The Kier molecular flexibility index (Phi) is 4.52. The molecule has 3 nitrogen and oxygen atoms in total. The Morgan fingerprint density at radius 1 is 0.870 bits per heavy atom. The van der Waals surface area contributed by atoms with Crippen molar-refractivity contribution in [3.63, 3.8) is 0 Å². The molecule has 0 unspecified atom stereocenters. The van der Waals surface area contributed by atoms with Crippen LogP contribution in [0.15, 0.2) is 60.7 Å². The molecule has 0 saturated heterocycles. The summed E-state index contributed by atoms with van der Waals surface area (Å²) >= 11 is 0. The van der Waals surface area contributed by atoms with Gasteiger partial charge in [-0.1, -0.05) is 30.3 Å². The monoisotopic (exact) mass is 310 g/mol. The normalized spacial score (nSPS) is 10.5. The third-order valence-electron chi connectivity index (χ3n) is 3.47. The quantitative estimate of drug-likeness (QED) is 0.504. The summed E-state index contributed by atoms with van der Waals surface area (Å²) in [6.45, 7) is 0.591. The smallest absolute Gasteiger partial charge is 0.154 e. The fourth-order valence-electron chi connectivity index (χ4n) is 2.36. The van der Waals surface area contributed by atoms with Gasteiger partial charge in [0.15, 0.2) is 6.29 Å². The first kappa shape index (κ1) is 15.0. The fraction of sp³-hybridized carbons (Fsp3) is 0.105. The number of carbonyl (C=O) groups excluding carboxylic acids is 1. The molecule has 0 fully saturated rings. The second-order valence-electron chi connectivity index (χ2n) is 4.97. The molecule has 0 aromatic heterocycles. The molecule has 0 aliphatic rings. The number of ether oxygens (including phenoxy) is 2. The first-order valence-electron chi connectivity index (χ1n) is 7.26. The molecule has 0 amide bonds. The van der Waals surface area contributed by atoms with Gasteiger partial charge in [-0.05, 0) is 41.1 Å². The number of hydrogen-bond donors (Lipinski definition) is 0. The molecule has 0 radical (unpaired) electrons. The predicted molar refractivity (Wildman–Crippen MR) is 86.7 cm³/mol. The van der Waals surface area contributed by atoms with Crippen molar-refractivity contribution in [3.05, 3.63) is 72.0 Å². The number of halogens is 1. The molecule has 3 rings (SSSR count). The standard InChI is InChI=1S/C19H15FO3/c20-15-6-8-16(9-7-15)22-11-12-23-19-10-5-14-3-1-2-4-17(14)18(19)13-21/h1-10,13H,11-12H2. The zero-order valence-electron chi connectivity index (χ0n) is 12.4. The van der Waals surface area contributed by atoms with Crippen LogP contribution in [0.2, 0.25) is 0 Å². The van der Waals surface area contributed by atoms with Crippen molar-refractivity contribution in [2.24, 2.45) is 0 Å². The summed E-state index contributed by atoms with van der Waals surface area (Å²) in [6.07, 6.45) is 0.804. The summed E-state index contributed by atoms with van der Waals surface area (Å²) in [7, 11) is 0. The van der Waals surface area contributed by atoms with Crippen molar-refractivity contribution in [1.29, 1.82) is 0 Å². The zero-order chi connectivity index (χ0) is 16.1. The lowest BCUT2D eigenvalue weighted by molar-refractivity contribution is 0.112. The molecule has 0 spiro atoms. The van der Waals surface area contributed by atoms with E-state index < -0.39 is 0 Å². The number of carbonyl (C=O) groups is 1. The van der Waals surface area contributed by atoms with Gasteiger partial charge in [-0.15, -0.1) is 0 Å². The van der Waals surface area contributed by atoms with E-state index in [1.54, 1.807) is 18.2 Å². The predicted octanol–water partition coefficient (Wildman–Crippen LogP) is 4.25.